The van der Waals surface area contributed by atoms with Gasteiger partial charge in [0.15, 0.2) is 0 Å². The summed E-state index contributed by atoms with van der Waals surface area (Å²) < 4.78 is 5.27. The molecule has 0 spiro atoms. The molecule has 0 aliphatic rings. The predicted octanol–water partition coefficient (Wildman–Crippen LogP) is 3.62. The lowest BCUT2D eigenvalue weighted by Crippen LogP contribution is -2.30. The summed E-state index contributed by atoms with van der Waals surface area (Å²) in [4.78, 5) is 25.3. The average Bonchev–Trinajstić information content (AvgIpc) is 3.45. The van der Waals surface area contributed by atoms with E-state index in [0.29, 0.717) is 24.6 Å². The molecule has 0 bridgehead atoms. The highest BCUT2D eigenvalue weighted by atomic mass is 32.1. The third-order valence-corrected chi connectivity index (χ3v) is 5.10. The molecule has 0 aliphatic carbocycles. The smallest absolute Gasteiger partial charge is 0.227 e. The number of aryl methyl sites for hydroxylation is 1. The highest BCUT2D eigenvalue weighted by Crippen LogP contribution is 2.19. The summed E-state index contributed by atoms with van der Waals surface area (Å²) in [5.41, 5.74) is 2.83. The number of nitrogens with one attached hydrogen (secondary N) is 1. The van der Waals surface area contributed by atoms with Gasteiger partial charge in [-0.1, -0.05) is 11.2 Å². The number of nitrogens with zero attached hydrogens (tertiary/aromatic N) is 4. The fourth-order valence-electron chi connectivity index (χ4n) is 2.92. The SMILES string of the molecule is O=C(CCc1nc(-c2ccncc2)no1)N[C@@H](Cc1ccsc1)c1ccccn1. The van der Waals surface area contributed by atoms with Gasteiger partial charge in [0, 0.05) is 37.0 Å². The molecule has 0 fully saturated rings. The van der Waals surface area contributed by atoms with Gasteiger partial charge in [-0.15, -0.1) is 0 Å². The number of carbonyl (C=O) groups is 1. The van der Waals surface area contributed by atoms with Crippen LogP contribution < -0.4 is 5.32 Å². The molecule has 4 rings (SSSR count). The van der Waals surface area contributed by atoms with E-state index in [1.54, 1.807) is 29.9 Å². The van der Waals surface area contributed by atoms with Crippen LogP contribution in [0.25, 0.3) is 11.4 Å². The van der Waals surface area contributed by atoms with Crippen molar-refractivity contribution in [2.75, 3.05) is 0 Å². The molecular weight excluding hydrogens is 386 g/mol. The number of pyridine rings is 2. The van der Waals surface area contributed by atoms with Crippen LogP contribution in [0.3, 0.4) is 0 Å². The topological polar surface area (TPSA) is 93.8 Å². The van der Waals surface area contributed by atoms with E-state index in [0.717, 1.165) is 11.3 Å². The lowest BCUT2D eigenvalue weighted by molar-refractivity contribution is -0.121. The second kappa shape index (κ2) is 9.20. The largest absolute Gasteiger partial charge is 0.347 e. The lowest BCUT2D eigenvalue weighted by Gasteiger charge is -2.17. The number of rotatable bonds is 8. The van der Waals surface area contributed by atoms with Gasteiger partial charge >= 0.3 is 0 Å². The van der Waals surface area contributed by atoms with Crippen LogP contribution in [-0.2, 0) is 17.6 Å². The van der Waals surface area contributed by atoms with Crippen LogP contribution in [0.5, 0.6) is 0 Å². The van der Waals surface area contributed by atoms with Crippen molar-refractivity contribution in [1.29, 1.82) is 0 Å². The maximum absolute atomic E-state index is 12.6. The van der Waals surface area contributed by atoms with Crippen molar-refractivity contribution in [3.8, 4) is 11.4 Å². The van der Waals surface area contributed by atoms with Crippen LogP contribution >= 0.6 is 11.3 Å². The second-order valence-corrected chi connectivity index (χ2v) is 7.24. The molecule has 7 nitrogen and oxygen atoms in total. The Bertz CT molecular complexity index is 1040. The standard InChI is InChI=1S/C21H19N5O2S/c27-19(4-5-20-25-21(26-28-20)16-6-10-22-11-7-16)24-18(13-15-8-12-29-14-15)17-3-1-2-9-23-17/h1-3,6-12,14,18H,4-5,13H2,(H,24,27)/t18-/m0/s1. The van der Waals surface area contributed by atoms with Crippen molar-refractivity contribution in [1.82, 2.24) is 25.4 Å². The molecular formula is C21H19N5O2S. The summed E-state index contributed by atoms with van der Waals surface area (Å²) in [6.07, 6.45) is 6.40. The Morgan fingerprint density at radius 3 is 2.79 bits per heavy atom. The van der Waals surface area contributed by atoms with Crippen molar-refractivity contribution in [2.45, 2.75) is 25.3 Å². The van der Waals surface area contributed by atoms with Gasteiger partial charge < -0.3 is 9.84 Å². The van der Waals surface area contributed by atoms with E-state index < -0.39 is 0 Å². The van der Waals surface area contributed by atoms with E-state index in [9.17, 15) is 4.79 Å². The van der Waals surface area contributed by atoms with Crippen molar-refractivity contribution in [2.24, 2.45) is 0 Å². The van der Waals surface area contributed by atoms with Gasteiger partial charge in [-0.25, -0.2) is 0 Å². The second-order valence-electron chi connectivity index (χ2n) is 6.46. The summed E-state index contributed by atoms with van der Waals surface area (Å²) in [7, 11) is 0. The Balaban J connectivity index is 1.37. The first kappa shape index (κ1) is 18.9. The zero-order valence-electron chi connectivity index (χ0n) is 15.6. The molecule has 0 unspecified atom stereocenters. The zero-order chi connectivity index (χ0) is 19.9. The molecule has 0 radical (unpaired) electrons. The molecule has 0 saturated heterocycles. The van der Waals surface area contributed by atoms with Crippen LogP contribution in [0.2, 0.25) is 0 Å². The molecule has 29 heavy (non-hydrogen) atoms. The Kier molecular flexibility index (Phi) is 6.01. The first-order valence-electron chi connectivity index (χ1n) is 9.22. The van der Waals surface area contributed by atoms with Crippen molar-refractivity contribution in [3.05, 3.63) is 82.9 Å². The number of thiophene rings is 1. The maximum Gasteiger partial charge on any atom is 0.227 e. The molecule has 1 amide bonds. The molecule has 1 atom stereocenters. The summed E-state index contributed by atoms with van der Waals surface area (Å²) in [5.74, 6) is 0.838. The van der Waals surface area contributed by atoms with Crippen LogP contribution in [0.4, 0.5) is 0 Å². The minimum absolute atomic E-state index is 0.0838. The highest BCUT2D eigenvalue weighted by molar-refractivity contribution is 7.07. The number of carbonyl (C=O) groups excluding carboxylic acids is 1. The van der Waals surface area contributed by atoms with Gasteiger partial charge in [-0.05, 0) is 53.1 Å². The molecule has 0 aromatic carbocycles. The van der Waals surface area contributed by atoms with Crippen molar-refractivity contribution < 1.29 is 9.32 Å². The van der Waals surface area contributed by atoms with Gasteiger partial charge in [0.2, 0.25) is 17.6 Å². The van der Waals surface area contributed by atoms with E-state index in [2.05, 4.69) is 36.9 Å². The normalized spacial score (nSPS) is 11.9. The van der Waals surface area contributed by atoms with E-state index in [4.69, 9.17) is 4.52 Å². The van der Waals surface area contributed by atoms with E-state index in [1.165, 1.54) is 5.56 Å². The monoisotopic (exact) mass is 405 g/mol. The Hall–Kier alpha value is -3.39. The zero-order valence-corrected chi connectivity index (χ0v) is 16.4. The summed E-state index contributed by atoms with van der Waals surface area (Å²) in [6, 6.07) is 11.2. The molecule has 4 aromatic heterocycles. The van der Waals surface area contributed by atoms with Crippen molar-refractivity contribution >= 4 is 17.2 Å². The third-order valence-electron chi connectivity index (χ3n) is 4.37. The number of hydrogen-bond acceptors (Lipinski definition) is 7. The minimum Gasteiger partial charge on any atom is -0.347 e. The van der Waals surface area contributed by atoms with E-state index in [-0.39, 0.29) is 18.4 Å². The summed E-state index contributed by atoms with van der Waals surface area (Å²) in [5, 5.41) is 11.2. The van der Waals surface area contributed by atoms with Gasteiger partial charge in [0.1, 0.15) is 0 Å². The Morgan fingerprint density at radius 1 is 1.14 bits per heavy atom. The van der Waals surface area contributed by atoms with Crippen LogP contribution in [-0.4, -0.2) is 26.0 Å². The Morgan fingerprint density at radius 2 is 2.03 bits per heavy atom. The lowest BCUT2D eigenvalue weighted by atomic mass is 10.0. The Labute approximate surface area is 171 Å². The molecule has 4 heterocycles. The summed E-state index contributed by atoms with van der Waals surface area (Å²) in [6.45, 7) is 0. The molecule has 8 heteroatoms. The summed E-state index contributed by atoms with van der Waals surface area (Å²) >= 11 is 1.64. The number of hydrogen-bond donors (Lipinski definition) is 1. The fraction of sp³-hybridized carbons (Fsp3) is 0.190. The first-order chi connectivity index (χ1) is 14.3. The third kappa shape index (κ3) is 5.11. The van der Waals surface area contributed by atoms with Gasteiger partial charge in [-0.2, -0.15) is 16.3 Å². The minimum atomic E-state index is -0.187. The fourth-order valence-corrected chi connectivity index (χ4v) is 3.60. The molecule has 0 aliphatic heterocycles. The van der Waals surface area contributed by atoms with Gasteiger partial charge in [0.05, 0.1) is 11.7 Å². The number of aromatic nitrogens is 4. The van der Waals surface area contributed by atoms with Crippen molar-refractivity contribution in [3.63, 3.8) is 0 Å². The molecule has 0 saturated carbocycles. The first-order valence-corrected chi connectivity index (χ1v) is 10.2. The van der Waals surface area contributed by atoms with Crippen LogP contribution in [0.1, 0.15) is 29.6 Å². The quantitative estimate of drug-likeness (QED) is 0.481. The van der Waals surface area contributed by atoms with E-state index >= 15 is 0 Å². The number of amides is 1. The molecule has 146 valence electrons. The molecule has 1 N–H and O–H groups in total. The van der Waals surface area contributed by atoms with Gasteiger partial charge in [0.25, 0.3) is 0 Å². The predicted molar refractivity (Wildman–Crippen MR) is 109 cm³/mol. The van der Waals surface area contributed by atoms with Crippen LogP contribution in [0.15, 0.2) is 70.3 Å². The average molecular weight is 405 g/mol. The van der Waals surface area contributed by atoms with Gasteiger partial charge in [-0.3, -0.25) is 14.8 Å². The van der Waals surface area contributed by atoms with E-state index in [1.807, 2.05) is 35.7 Å². The molecule has 4 aromatic rings. The van der Waals surface area contributed by atoms with Crippen LogP contribution in [0, 0.1) is 0 Å². The maximum atomic E-state index is 12.6. The highest BCUT2D eigenvalue weighted by Gasteiger charge is 2.18.